The first-order valence-corrected chi connectivity index (χ1v) is 8.29. The number of rotatable bonds is 5. The highest BCUT2D eigenvalue weighted by atomic mass is 16.2. The van der Waals surface area contributed by atoms with Gasteiger partial charge in [0, 0.05) is 12.6 Å². The third kappa shape index (κ3) is 3.73. The van der Waals surface area contributed by atoms with Crippen molar-refractivity contribution in [3.05, 3.63) is 0 Å². The fourth-order valence-electron chi connectivity index (χ4n) is 3.49. The van der Waals surface area contributed by atoms with Crippen molar-refractivity contribution < 1.29 is 4.79 Å². The lowest BCUT2D eigenvalue weighted by molar-refractivity contribution is -0.130. The van der Waals surface area contributed by atoms with Crippen molar-refractivity contribution >= 4 is 5.91 Å². The Bertz CT molecular complexity index is 326. The molecule has 0 aromatic heterocycles. The molecule has 2 heterocycles. The van der Waals surface area contributed by atoms with Gasteiger partial charge < -0.3 is 4.90 Å². The van der Waals surface area contributed by atoms with Crippen LogP contribution in [0, 0.1) is 5.92 Å². The topological polar surface area (TPSA) is 35.6 Å². The molecule has 20 heavy (non-hydrogen) atoms. The Morgan fingerprint density at radius 1 is 1.20 bits per heavy atom. The van der Waals surface area contributed by atoms with Gasteiger partial charge >= 0.3 is 0 Å². The number of likely N-dealkylation sites (tertiary alicyclic amines) is 1. The van der Waals surface area contributed by atoms with E-state index in [1.165, 1.54) is 32.4 Å². The molecule has 116 valence electrons. The molecule has 3 unspecified atom stereocenters. The number of nitrogens with one attached hydrogen (secondary N) is 1. The molecule has 0 spiro atoms. The highest BCUT2D eigenvalue weighted by molar-refractivity contribution is 5.84. The van der Waals surface area contributed by atoms with E-state index in [-0.39, 0.29) is 12.2 Å². The molecule has 0 saturated carbocycles. The van der Waals surface area contributed by atoms with Crippen LogP contribution in [0.5, 0.6) is 0 Å². The summed E-state index contributed by atoms with van der Waals surface area (Å²) in [5.41, 5.74) is 0. The van der Waals surface area contributed by atoms with Gasteiger partial charge in [0.15, 0.2) is 0 Å². The zero-order valence-electron chi connectivity index (χ0n) is 13.6. The molecular formula is C16H31N3O. The van der Waals surface area contributed by atoms with Crippen molar-refractivity contribution in [3.8, 4) is 0 Å². The van der Waals surface area contributed by atoms with E-state index in [2.05, 4.69) is 37.9 Å². The minimum atomic E-state index is 0.0264. The number of carbonyl (C=O) groups excluding carboxylic acids is 1. The van der Waals surface area contributed by atoms with Crippen molar-refractivity contribution in [2.45, 2.75) is 71.6 Å². The van der Waals surface area contributed by atoms with Crippen molar-refractivity contribution in [3.63, 3.8) is 0 Å². The van der Waals surface area contributed by atoms with E-state index in [0.29, 0.717) is 17.9 Å². The average Bonchev–Trinajstić information content (AvgIpc) is 2.66. The summed E-state index contributed by atoms with van der Waals surface area (Å²) in [5.74, 6) is 0.859. The predicted molar refractivity (Wildman–Crippen MR) is 82.4 cm³/mol. The Hall–Kier alpha value is -0.610. The van der Waals surface area contributed by atoms with Gasteiger partial charge in [0.2, 0.25) is 5.91 Å². The SMILES string of the molecule is CC(C)CC1NC(C)N(CC(C)N2CCCCC2)C1=O. The molecule has 4 heteroatoms. The first-order valence-electron chi connectivity index (χ1n) is 8.29. The van der Waals surface area contributed by atoms with Crippen LogP contribution in [-0.4, -0.2) is 53.6 Å². The Labute approximate surface area is 123 Å². The monoisotopic (exact) mass is 281 g/mol. The second kappa shape index (κ2) is 6.90. The smallest absolute Gasteiger partial charge is 0.241 e. The van der Waals surface area contributed by atoms with Crippen LogP contribution < -0.4 is 5.32 Å². The van der Waals surface area contributed by atoms with Gasteiger partial charge in [0.25, 0.3) is 0 Å². The minimum absolute atomic E-state index is 0.0264. The van der Waals surface area contributed by atoms with E-state index in [9.17, 15) is 4.79 Å². The third-order valence-electron chi connectivity index (χ3n) is 4.67. The van der Waals surface area contributed by atoms with Gasteiger partial charge in [0.1, 0.15) is 0 Å². The fourth-order valence-corrected chi connectivity index (χ4v) is 3.49. The number of hydrogen-bond donors (Lipinski definition) is 1. The third-order valence-corrected chi connectivity index (χ3v) is 4.67. The van der Waals surface area contributed by atoms with Gasteiger partial charge in [-0.15, -0.1) is 0 Å². The number of piperidine rings is 1. The molecule has 4 nitrogen and oxygen atoms in total. The largest absolute Gasteiger partial charge is 0.325 e. The summed E-state index contributed by atoms with van der Waals surface area (Å²) in [7, 11) is 0. The van der Waals surface area contributed by atoms with Crippen LogP contribution in [-0.2, 0) is 4.79 Å². The quantitative estimate of drug-likeness (QED) is 0.838. The van der Waals surface area contributed by atoms with Crippen LogP contribution in [0.4, 0.5) is 0 Å². The van der Waals surface area contributed by atoms with E-state index in [1.54, 1.807) is 0 Å². The summed E-state index contributed by atoms with van der Waals surface area (Å²) in [4.78, 5) is 17.1. The van der Waals surface area contributed by atoms with Crippen LogP contribution in [0.2, 0.25) is 0 Å². The molecule has 3 atom stereocenters. The molecule has 2 fully saturated rings. The summed E-state index contributed by atoms with van der Waals surface area (Å²) in [5, 5.41) is 3.45. The first-order chi connectivity index (χ1) is 9.49. The zero-order valence-corrected chi connectivity index (χ0v) is 13.6. The Balaban J connectivity index is 1.89. The molecular weight excluding hydrogens is 250 g/mol. The van der Waals surface area contributed by atoms with Gasteiger partial charge in [-0.2, -0.15) is 0 Å². The van der Waals surface area contributed by atoms with Crippen LogP contribution >= 0.6 is 0 Å². The lowest BCUT2D eigenvalue weighted by atomic mass is 10.0. The maximum atomic E-state index is 12.5. The van der Waals surface area contributed by atoms with E-state index < -0.39 is 0 Å². The van der Waals surface area contributed by atoms with Gasteiger partial charge in [-0.05, 0) is 52.1 Å². The van der Waals surface area contributed by atoms with E-state index >= 15 is 0 Å². The molecule has 0 radical (unpaired) electrons. The molecule has 1 amide bonds. The lowest BCUT2D eigenvalue weighted by Crippen LogP contribution is -2.47. The lowest BCUT2D eigenvalue weighted by Gasteiger charge is -2.35. The summed E-state index contributed by atoms with van der Waals surface area (Å²) < 4.78 is 0. The maximum absolute atomic E-state index is 12.5. The van der Waals surface area contributed by atoms with E-state index in [4.69, 9.17) is 0 Å². The van der Waals surface area contributed by atoms with Gasteiger partial charge in [-0.1, -0.05) is 20.3 Å². The van der Waals surface area contributed by atoms with Gasteiger partial charge in [-0.3, -0.25) is 15.0 Å². The van der Waals surface area contributed by atoms with E-state index in [1.807, 2.05) is 4.90 Å². The highest BCUT2D eigenvalue weighted by Gasteiger charge is 2.37. The van der Waals surface area contributed by atoms with Crippen LogP contribution in [0.25, 0.3) is 0 Å². The first kappa shape index (κ1) is 15.8. The molecule has 2 saturated heterocycles. The van der Waals surface area contributed by atoms with Crippen LogP contribution in [0.1, 0.15) is 53.4 Å². The number of nitrogens with zero attached hydrogens (tertiary/aromatic N) is 2. The molecule has 0 aromatic rings. The van der Waals surface area contributed by atoms with Crippen molar-refractivity contribution in [1.82, 2.24) is 15.1 Å². The summed E-state index contributed by atoms with van der Waals surface area (Å²) in [6.07, 6.45) is 5.10. The van der Waals surface area contributed by atoms with Gasteiger partial charge in [-0.25, -0.2) is 0 Å². The van der Waals surface area contributed by atoms with Crippen LogP contribution in [0.15, 0.2) is 0 Å². The highest BCUT2D eigenvalue weighted by Crippen LogP contribution is 2.19. The Morgan fingerprint density at radius 3 is 2.45 bits per heavy atom. The summed E-state index contributed by atoms with van der Waals surface area (Å²) in [6, 6.07) is 0.500. The molecule has 1 N–H and O–H groups in total. The summed E-state index contributed by atoms with van der Waals surface area (Å²) in [6.45, 7) is 12.0. The molecule has 0 aromatic carbocycles. The van der Waals surface area contributed by atoms with Crippen molar-refractivity contribution in [2.75, 3.05) is 19.6 Å². The predicted octanol–water partition coefficient (Wildman–Crippen LogP) is 2.05. The second-order valence-electron chi connectivity index (χ2n) is 6.96. The normalized spacial score (nSPS) is 30.2. The van der Waals surface area contributed by atoms with Crippen molar-refractivity contribution in [1.29, 1.82) is 0 Å². The number of carbonyl (C=O) groups is 1. The Morgan fingerprint density at radius 2 is 1.85 bits per heavy atom. The maximum Gasteiger partial charge on any atom is 0.241 e. The summed E-state index contributed by atoms with van der Waals surface area (Å²) >= 11 is 0. The Kier molecular flexibility index (Phi) is 5.44. The molecule has 2 aliphatic rings. The molecule has 0 aliphatic carbocycles. The number of hydrogen-bond acceptors (Lipinski definition) is 3. The van der Waals surface area contributed by atoms with Crippen molar-refractivity contribution in [2.24, 2.45) is 5.92 Å². The average molecular weight is 281 g/mol. The van der Waals surface area contributed by atoms with Crippen LogP contribution in [0.3, 0.4) is 0 Å². The molecule has 0 bridgehead atoms. The fraction of sp³-hybridized carbons (Fsp3) is 0.938. The minimum Gasteiger partial charge on any atom is -0.325 e. The zero-order chi connectivity index (χ0) is 14.7. The number of amides is 1. The molecule has 2 aliphatic heterocycles. The van der Waals surface area contributed by atoms with Gasteiger partial charge in [0.05, 0.1) is 12.2 Å². The second-order valence-corrected chi connectivity index (χ2v) is 6.96. The standard InChI is InChI=1S/C16H31N3O/c1-12(2)10-15-16(20)19(14(4)17-15)11-13(3)18-8-6-5-7-9-18/h12-15,17H,5-11H2,1-4H3. The molecule has 2 rings (SSSR count). The van der Waals surface area contributed by atoms with E-state index in [0.717, 1.165) is 13.0 Å².